The third-order valence-electron chi connectivity index (χ3n) is 3.67. The Morgan fingerprint density at radius 2 is 2.05 bits per heavy atom. The van der Waals surface area contributed by atoms with Crippen molar-refractivity contribution in [1.82, 2.24) is 20.1 Å². The number of fused-ring (bicyclic) bond motifs is 1. The largest absolute Gasteiger partial charge is 0.310 e. The first-order chi connectivity index (χ1) is 9.90. The maximum absolute atomic E-state index is 4.47. The predicted octanol–water partition coefficient (Wildman–Crippen LogP) is 2.67. The highest BCUT2D eigenvalue weighted by atomic mass is 15.3. The van der Waals surface area contributed by atoms with Crippen LogP contribution >= 0.6 is 0 Å². The number of para-hydroxylation sites is 1. The second-order valence-corrected chi connectivity index (χ2v) is 5.32. The van der Waals surface area contributed by atoms with Crippen molar-refractivity contribution in [2.75, 3.05) is 0 Å². The number of pyridine rings is 1. The van der Waals surface area contributed by atoms with Crippen molar-refractivity contribution in [3.63, 3.8) is 0 Å². The minimum Gasteiger partial charge on any atom is -0.310 e. The molecule has 4 rings (SSSR count). The van der Waals surface area contributed by atoms with E-state index in [-0.39, 0.29) is 0 Å². The Balaban J connectivity index is 1.68. The average Bonchev–Trinajstić information content (AvgIpc) is 3.23. The van der Waals surface area contributed by atoms with E-state index in [2.05, 4.69) is 33.6 Å². The van der Waals surface area contributed by atoms with E-state index < -0.39 is 0 Å². The van der Waals surface area contributed by atoms with Crippen LogP contribution in [0.15, 0.2) is 48.9 Å². The van der Waals surface area contributed by atoms with Gasteiger partial charge in [0.1, 0.15) is 0 Å². The van der Waals surface area contributed by atoms with E-state index in [0.717, 1.165) is 23.1 Å². The van der Waals surface area contributed by atoms with Crippen LogP contribution in [-0.2, 0) is 6.54 Å². The summed E-state index contributed by atoms with van der Waals surface area (Å²) >= 11 is 0. The number of rotatable bonds is 4. The van der Waals surface area contributed by atoms with Gasteiger partial charge in [-0.25, -0.2) is 4.68 Å². The molecule has 2 aromatic heterocycles. The van der Waals surface area contributed by atoms with Gasteiger partial charge >= 0.3 is 0 Å². The second kappa shape index (κ2) is 4.72. The molecule has 1 aliphatic rings. The van der Waals surface area contributed by atoms with Crippen LogP contribution in [-0.4, -0.2) is 20.8 Å². The smallest absolute Gasteiger partial charge is 0.0839 e. The molecule has 4 nitrogen and oxygen atoms in total. The molecule has 1 aliphatic carbocycles. The second-order valence-electron chi connectivity index (χ2n) is 5.32. The number of hydrogen-bond donors (Lipinski definition) is 1. The highest BCUT2D eigenvalue weighted by molar-refractivity contribution is 5.80. The van der Waals surface area contributed by atoms with Gasteiger partial charge in [-0.2, -0.15) is 5.10 Å². The van der Waals surface area contributed by atoms with Gasteiger partial charge in [-0.1, -0.05) is 18.2 Å². The zero-order valence-corrected chi connectivity index (χ0v) is 11.2. The first kappa shape index (κ1) is 11.6. The van der Waals surface area contributed by atoms with Gasteiger partial charge < -0.3 is 5.32 Å². The van der Waals surface area contributed by atoms with Crippen molar-refractivity contribution in [3.8, 4) is 5.69 Å². The third kappa shape index (κ3) is 2.18. The minimum atomic E-state index is 0.712. The molecule has 1 aromatic carbocycles. The molecule has 1 fully saturated rings. The van der Waals surface area contributed by atoms with Crippen LogP contribution in [0.25, 0.3) is 16.6 Å². The summed E-state index contributed by atoms with van der Waals surface area (Å²) in [5.74, 6) is 0. The summed E-state index contributed by atoms with van der Waals surface area (Å²) in [4.78, 5) is 4.34. The zero-order valence-electron chi connectivity index (χ0n) is 11.2. The summed E-state index contributed by atoms with van der Waals surface area (Å²) in [7, 11) is 0. The molecular formula is C16H16N4. The molecule has 2 heterocycles. The summed E-state index contributed by atoms with van der Waals surface area (Å²) in [5, 5.41) is 9.13. The van der Waals surface area contributed by atoms with Crippen LogP contribution in [0, 0.1) is 0 Å². The van der Waals surface area contributed by atoms with Crippen molar-refractivity contribution < 1.29 is 0 Å². The van der Waals surface area contributed by atoms with E-state index in [1.807, 2.05) is 35.4 Å². The van der Waals surface area contributed by atoms with E-state index in [9.17, 15) is 0 Å². The Labute approximate surface area is 117 Å². The zero-order chi connectivity index (χ0) is 13.4. The molecule has 0 spiro atoms. The van der Waals surface area contributed by atoms with Gasteiger partial charge in [0.2, 0.25) is 0 Å². The first-order valence-electron chi connectivity index (χ1n) is 7.00. The van der Waals surface area contributed by atoms with Gasteiger partial charge in [0, 0.05) is 24.2 Å². The van der Waals surface area contributed by atoms with Gasteiger partial charge in [-0.3, -0.25) is 4.98 Å². The van der Waals surface area contributed by atoms with Gasteiger partial charge in [0.25, 0.3) is 0 Å². The Morgan fingerprint density at radius 1 is 1.15 bits per heavy atom. The molecule has 100 valence electrons. The van der Waals surface area contributed by atoms with Crippen molar-refractivity contribution in [2.45, 2.75) is 25.4 Å². The van der Waals surface area contributed by atoms with Gasteiger partial charge in [0.05, 0.1) is 23.6 Å². The fourth-order valence-electron chi connectivity index (χ4n) is 2.41. The van der Waals surface area contributed by atoms with E-state index in [1.165, 1.54) is 18.4 Å². The van der Waals surface area contributed by atoms with Gasteiger partial charge in [0.15, 0.2) is 0 Å². The highest BCUT2D eigenvalue weighted by Crippen LogP contribution is 2.20. The molecule has 0 unspecified atom stereocenters. The molecule has 0 aliphatic heterocycles. The summed E-state index contributed by atoms with van der Waals surface area (Å²) < 4.78 is 1.95. The molecule has 1 N–H and O–H groups in total. The summed E-state index contributed by atoms with van der Waals surface area (Å²) in [6.45, 7) is 0.880. The Morgan fingerprint density at radius 3 is 2.95 bits per heavy atom. The van der Waals surface area contributed by atoms with Crippen LogP contribution in [0.2, 0.25) is 0 Å². The maximum Gasteiger partial charge on any atom is 0.0839 e. The maximum atomic E-state index is 4.47. The molecule has 1 saturated carbocycles. The fraction of sp³-hybridized carbons (Fsp3) is 0.250. The molecule has 0 atom stereocenters. The van der Waals surface area contributed by atoms with E-state index in [0.29, 0.717) is 6.04 Å². The standard InChI is InChI=1S/C16H16N4/c1-2-4-16-13(3-1)10-19-20(16)15-7-12(8-17-11-15)9-18-14-5-6-14/h1-4,7-8,10-11,14,18H,5-6,9H2. The topological polar surface area (TPSA) is 42.7 Å². The molecule has 0 radical (unpaired) electrons. The summed E-state index contributed by atoms with van der Waals surface area (Å²) in [6.07, 6.45) is 8.28. The van der Waals surface area contributed by atoms with Crippen molar-refractivity contribution >= 4 is 10.9 Å². The van der Waals surface area contributed by atoms with Crippen LogP contribution in [0.5, 0.6) is 0 Å². The van der Waals surface area contributed by atoms with E-state index in [4.69, 9.17) is 0 Å². The quantitative estimate of drug-likeness (QED) is 0.788. The third-order valence-corrected chi connectivity index (χ3v) is 3.67. The highest BCUT2D eigenvalue weighted by Gasteiger charge is 2.20. The molecule has 0 amide bonds. The molecule has 0 bridgehead atoms. The Bertz CT molecular complexity index is 743. The Kier molecular flexibility index (Phi) is 2.74. The van der Waals surface area contributed by atoms with Crippen LogP contribution in [0.4, 0.5) is 0 Å². The number of benzene rings is 1. The molecule has 4 heteroatoms. The van der Waals surface area contributed by atoms with E-state index >= 15 is 0 Å². The number of nitrogens with zero attached hydrogens (tertiary/aromatic N) is 3. The Hall–Kier alpha value is -2.20. The van der Waals surface area contributed by atoms with Crippen LogP contribution in [0.1, 0.15) is 18.4 Å². The summed E-state index contributed by atoms with van der Waals surface area (Å²) in [5.41, 5.74) is 3.33. The fourth-order valence-corrected chi connectivity index (χ4v) is 2.41. The number of nitrogens with one attached hydrogen (secondary N) is 1. The lowest BCUT2D eigenvalue weighted by Crippen LogP contribution is -2.15. The minimum absolute atomic E-state index is 0.712. The molecular weight excluding hydrogens is 248 g/mol. The van der Waals surface area contributed by atoms with Crippen molar-refractivity contribution in [1.29, 1.82) is 0 Å². The van der Waals surface area contributed by atoms with Crippen LogP contribution in [0.3, 0.4) is 0 Å². The first-order valence-corrected chi connectivity index (χ1v) is 7.00. The van der Waals surface area contributed by atoms with Crippen LogP contribution < -0.4 is 5.32 Å². The summed E-state index contributed by atoms with van der Waals surface area (Å²) in [6, 6.07) is 11.1. The van der Waals surface area contributed by atoms with Gasteiger partial charge in [-0.05, 0) is 30.5 Å². The average molecular weight is 264 g/mol. The number of hydrogen-bond acceptors (Lipinski definition) is 3. The monoisotopic (exact) mass is 264 g/mol. The lowest BCUT2D eigenvalue weighted by Gasteiger charge is -2.07. The lowest BCUT2D eigenvalue weighted by molar-refractivity contribution is 0.685. The van der Waals surface area contributed by atoms with E-state index in [1.54, 1.807) is 0 Å². The van der Waals surface area contributed by atoms with Gasteiger partial charge in [-0.15, -0.1) is 0 Å². The SMILES string of the molecule is c1ccc2c(c1)cnn2-c1cncc(CNC2CC2)c1. The molecule has 0 saturated heterocycles. The normalized spacial score (nSPS) is 14.8. The van der Waals surface area contributed by atoms with Crippen molar-refractivity contribution in [2.24, 2.45) is 0 Å². The molecule has 3 aromatic rings. The predicted molar refractivity (Wildman–Crippen MR) is 78.7 cm³/mol. The van der Waals surface area contributed by atoms with Crippen molar-refractivity contribution in [3.05, 3.63) is 54.5 Å². The molecule has 20 heavy (non-hydrogen) atoms. The number of aromatic nitrogens is 3. The lowest BCUT2D eigenvalue weighted by atomic mass is 10.2.